The van der Waals surface area contributed by atoms with Crippen LogP contribution < -0.4 is 10.3 Å². The second-order valence-corrected chi connectivity index (χ2v) is 4.05. The SMILES string of the molecule is COc1ccc(-c2ccn(C)c(=O)c2C(=O)O)cc1. The molecule has 0 fully saturated rings. The van der Waals surface area contributed by atoms with E-state index in [-0.39, 0.29) is 5.56 Å². The number of aromatic nitrogens is 1. The third-order valence-corrected chi connectivity index (χ3v) is 2.88. The molecule has 0 amide bonds. The number of carbonyl (C=O) groups is 1. The maximum absolute atomic E-state index is 11.9. The van der Waals surface area contributed by atoms with Gasteiger partial charge in [0.2, 0.25) is 0 Å². The average Bonchev–Trinajstić information content (AvgIpc) is 2.41. The molecule has 2 aromatic rings. The fourth-order valence-electron chi connectivity index (χ4n) is 1.85. The molecule has 0 aliphatic heterocycles. The molecule has 0 bridgehead atoms. The van der Waals surface area contributed by atoms with Gasteiger partial charge in [0.1, 0.15) is 11.3 Å². The average molecular weight is 259 g/mol. The minimum absolute atomic E-state index is 0.227. The van der Waals surface area contributed by atoms with E-state index < -0.39 is 11.5 Å². The molecule has 0 atom stereocenters. The van der Waals surface area contributed by atoms with Gasteiger partial charge in [-0.05, 0) is 23.8 Å². The number of pyridine rings is 1. The number of methoxy groups -OCH3 is 1. The van der Waals surface area contributed by atoms with Crippen LogP contribution in [0.5, 0.6) is 5.75 Å². The molecule has 5 heteroatoms. The molecule has 1 heterocycles. The summed E-state index contributed by atoms with van der Waals surface area (Å²) in [5.41, 5.74) is 0.310. The highest BCUT2D eigenvalue weighted by molar-refractivity contribution is 5.95. The fraction of sp³-hybridized carbons (Fsp3) is 0.143. The fourth-order valence-corrected chi connectivity index (χ4v) is 1.85. The van der Waals surface area contributed by atoms with Crippen LogP contribution in [0.2, 0.25) is 0 Å². The number of nitrogens with zero attached hydrogens (tertiary/aromatic N) is 1. The van der Waals surface area contributed by atoms with Crippen LogP contribution in [0.1, 0.15) is 10.4 Å². The summed E-state index contributed by atoms with van der Waals surface area (Å²) in [5, 5.41) is 9.19. The lowest BCUT2D eigenvalue weighted by Gasteiger charge is -2.08. The van der Waals surface area contributed by atoms with Crippen LogP contribution in [0, 0.1) is 0 Å². The first-order chi connectivity index (χ1) is 9.04. The Bertz CT molecular complexity index is 671. The first kappa shape index (κ1) is 12.9. The van der Waals surface area contributed by atoms with Gasteiger partial charge >= 0.3 is 5.97 Å². The second kappa shape index (κ2) is 4.97. The van der Waals surface area contributed by atoms with E-state index in [0.717, 1.165) is 0 Å². The molecule has 5 nitrogen and oxygen atoms in total. The van der Waals surface area contributed by atoms with Gasteiger partial charge in [0.25, 0.3) is 5.56 Å². The first-order valence-corrected chi connectivity index (χ1v) is 5.62. The lowest BCUT2D eigenvalue weighted by Crippen LogP contribution is -2.24. The van der Waals surface area contributed by atoms with E-state index in [9.17, 15) is 14.7 Å². The monoisotopic (exact) mass is 259 g/mol. The first-order valence-electron chi connectivity index (χ1n) is 5.62. The molecule has 0 saturated carbocycles. The second-order valence-electron chi connectivity index (χ2n) is 4.05. The van der Waals surface area contributed by atoms with Crippen LogP contribution in [0.25, 0.3) is 11.1 Å². The van der Waals surface area contributed by atoms with Crippen molar-refractivity contribution in [2.75, 3.05) is 7.11 Å². The maximum Gasteiger partial charge on any atom is 0.341 e. The zero-order valence-corrected chi connectivity index (χ0v) is 10.6. The topological polar surface area (TPSA) is 68.5 Å². The number of benzene rings is 1. The van der Waals surface area contributed by atoms with E-state index in [2.05, 4.69) is 0 Å². The Morgan fingerprint density at radius 3 is 2.37 bits per heavy atom. The van der Waals surface area contributed by atoms with Gasteiger partial charge in [0, 0.05) is 18.8 Å². The molecule has 0 unspecified atom stereocenters. The lowest BCUT2D eigenvalue weighted by atomic mass is 10.0. The summed E-state index contributed by atoms with van der Waals surface area (Å²) in [6.07, 6.45) is 1.55. The molecule has 0 aliphatic rings. The highest BCUT2D eigenvalue weighted by atomic mass is 16.5. The summed E-state index contributed by atoms with van der Waals surface area (Å²) in [6, 6.07) is 8.50. The number of aromatic carboxylic acids is 1. The minimum atomic E-state index is -1.23. The summed E-state index contributed by atoms with van der Waals surface area (Å²) in [5.74, 6) is -0.559. The Morgan fingerprint density at radius 1 is 1.21 bits per heavy atom. The van der Waals surface area contributed by atoms with E-state index in [0.29, 0.717) is 16.9 Å². The van der Waals surface area contributed by atoms with Crippen molar-refractivity contribution in [1.82, 2.24) is 4.57 Å². The molecule has 0 aliphatic carbocycles. The van der Waals surface area contributed by atoms with Crippen LogP contribution in [0.15, 0.2) is 41.3 Å². The van der Waals surface area contributed by atoms with E-state index in [1.807, 2.05) is 0 Å². The Hall–Kier alpha value is -2.56. The molecule has 1 aromatic carbocycles. The van der Waals surface area contributed by atoms with Crippen molar-refractivity contribution in [2.24, 2.45) is 7.05 Å². The van der Waals surface area contributed by atoms with Crippen LogP contribution >= 0.6 is 0 Å². The van der Waals surface area contributed by atoms with Crippen molar-refractivity contribution in [3.05, 3.63) is 52.4 Å². The van der Waals surface area contributed by atoms with Gasteiger partial charge in [-0.15, -0.1) is 0 Å². The molecular formula is C14H13NO4. The molecule has 98 valence electrons. The third-order valence-electron chi connectivity index (χ3n) is 2.88. The highest BCUT2D eigenvalue weighted by Crippen LogP contribution is 2.24. The molecule has 0 radical (unpaired) electrons. The van der Waals surface area contributed by atoms with Crippen LogP contribution in [-0.2, 0) is 7.05 Å². The van der Waals surface area contributed by atoms with Crippen LogP contribution in [-0.4, -0.2) is 22.8 Å². The Balaban J connectivity index is 2.64. The number of aryl methyl sites for hydroxylation is 1. The molecule has 1 N–H and O–H groups in total. The Morgan fingerprint density at radius 2 is 1.84 bits per heavy atom. The predicted molar refractivity (Wildman–Crippen MR) is 70.6 cm³/mol. The zero-order valence-electron chi connectivity index (χ0n) is 10.6. The minimum Gasteiger partial charge on any atom is -0.497 e. The quantitative estimate of drug-likeness (QED) is 0.911. The summed E-state index contributed by atoms with van der Waals surface area (Å²) < 4.78 is 6.29. The highest BCUT2D eigenvalue weighted by Gasteiger charge is 2.17. The smallest absolute Gasteiger partial charge is 0.341 e. The molecule has 0 saturated heterocycles. The van der Waals surface area contributed by atoms with Gasteiger partial charge in [-0.25, -0.2) is 4.79 Å². The van der Waals surface area contributed by atoms with Gasteiger partial charge in [0.15, 0.2) is 0 Å². The molecule has 19 heavy (non-hydrogen) atoms. The Kier molecular flexibility index (Phi) is 3.37. The zero-order chi connectivity index (χ0) is 14.0. The van der Waals surface area contributed by atoms with Crippen molar-refractivity contribution in [3.8, 4) is 16.9 Å². The third kappa shape index (κ3) is 2.35. The Labute approximate surface area is 109 Å². The van der Waals surface area contributed by atoms with Gasteiger partial charge in [-0.3, -0.25) is 4.79 Å². The van der Waals surface area contributed by atoms with E-state index >= 15 is 0 Å². The lowest BCUT2D eigenvalue weighted by molar-refractivity contribution is 0.0695. The number of rotatable bonds is 3. The van der Waals surface area contributed by atoms with E-state index in [1.165, 1.54) is 11.6 Å². The molecular weight excluding hydrogens is 246 g/mol. The number of carboxylic acids is 1. The van der Waals surface area contributed by atoms with Crippen LogP contribution in [0.4, 0.5) is 0 Å². The van der Waals surface area contributed by atoms with Crippen molar-refractivity contribution >= 4 is 5.97 Å². The van der Waals surface area contributed by atoms with Crippen molar-refractivity contribution < 1.29 is 14.6 Å². The van der Waals surface area contributed by atoms with Gasteiger partial charge < -0.3 is 14.4 Å². The van der Waals surface area contributed by atoms with Crippen LogP contribution in [0.3, 0.4) is 0 Å². The number of hydrogen-bond acceptors (Lipinski definition) is 3. The standard InChI is InChI=1S/C14H13NO4/c1-15-8-7-11(12(13(15)16)14(17)18)9-3-5-10(19-2)6-4-9/h3-8H,1-2H3,(H,17,18). The predicted octanol–water partition coefficient (Wildman–Crippen LogP) is 1.76. The van der Waals surface area contributed by atoms with E-state index in [1.54, 1.807) is 43.6 Å². The number of hydrogen-bond donors (Lipinski definition) is 1. The molecule has 2 rings (SSSR count). The van der Waals surface area contributed by atoms with Gasteiger partial charge in [-0.2, -0.15) is 0 Å². The normalized spacial score (nSPS) is 10.2. The van der Waals surface area contributed by atoms with Gasteiger partial charge in [-0.1, -0.05) is 12.1 Å². The van der Waals surface area contributed by atoms with E-state index in [4.69, 9.17) is 4.74 Å². The number of carboxylic acid groups (broad SMARTS) is 1. The number of ether oxygens (including phenoxy) is 1. The van der Waals surface area contributed by atoms with Gasteiger partial charge in [0.05, 0.1) is 7.11 Å². The largest absolute Gasteiger partial charge is 0.497 e. The summed E-state index contributed by atoms with van der Waals surface area (Å²) in [6.45, 7) is 0. The van der Waals surface area contributed by atoms with Crippen molar-refractivity contribution in [1.29, 1.82) is 0 Å². The summed E-state index contributed by atoms with van der Waals surface area (Å²) in [4.78, 5) is 23.1. The molecule has 1 aromatic heterocycles. The van der Waals surface area contributed by atoms with Crippen molar-refractivity contribution in [3.63, 3.8) is 0 Å². The summed E-state index contributed by atoms with van der Waals surface area (Å²) in [7, 11) is 3.07. The van der Waals surface area contributed by atoms with Crippen molar-refractivity contribution in [2.45, 2.75) is 0 Å². The maximum atomic E-state index is 11.9. The summed E-state index contributed by atoms with van der Waals surface area (Å²) >= 11 is 0. The molecule has 0 spiro atoms.